The second-order valence-electron chi connectivity index (χ2n) is 8.18. The highest BCUT2D eigenvalue weighted by atomic mass is 32.2. The van der Waals surface area contributed by atoms with Crippen LogP contribution >= 0.6 is 23.5 Å². The standard InChI is InChI=1S/C19H30O9S2/c1-11(2)15(23)26-10-27-16(24)30-19(6,7)13(20)8-12(14(21)22)9-29-17(25)28-18(3,4)5/h11-12H,8-10H2,1-7H3,(H,21,22)/t12-/m0/s1. The van der Waals surface area contributed by atoms with Crippen LogP contribution < -0.4 is 0 Å². The number of carboxylic acid groups (broad SMARTS) is 1. The Labute approximate surface area is 184 Å². The van der Waals surface area contributed by atoms with E-state index in [1.807, 2.05) is 0 Å². The molecule has 0 spiro atoms. The van der Waals surface area contributed by atoms with Gasteiger partial charge >= 0.3 is 22.5 Å². The number of carbonyl (C=O) groups is 5. The molecular formula is C19H30O9S2. The van der Waals surface area contributed by atoms with Crippen molar-refractivity contribution in [2.75, 3.05) is 12.5 Å². The molecule has 0 fully saturated rings. The molecule has 0 saturated carbocycles. The van der Waals surface area contributed by atoms with Crippen molar-refractivity contribution in [1.29, 1.82) is 0 Å². The number of aliphatic carboxylic acids is 1. The maximum Gasteiger partial charge on any atom is 0.371 e. The number of carboxylic acids is 1. The number of hydrogen-bond acceptors (Lipinski definition) is 10. The number of rotatable bonds is 10. The van der Waals surface area contributed by atoms with E-state index in [0.717, 1.165) is 0 Å². The molecule has 0 aromatic heterocycles. The normalized spacial score (nSPS) is 12.8. The van der Waals surface area contributed by atoms with E-state index in [1.165, 1.54) is 13.8 Å². The Morgan fingerprint density at radius 1 is 0.933 bits per heavy atom. The summed E-state index contributed by atoms with van der Waals surface area (Å²) in [5.74, 6) is -3.91. The van der Waals surface area contributed by atoms with Crippen LogP contribution in [0.15, 0.2) is 0 Å². The number of ether oxygens (including phenoxy) is 3. The van der Waals surface area contributed by atoms with E-state index in [9.17, 15) is 29.1 Å². The van der Waals surface area contributed by atoms with E-state index in [1.54, 1.807) is 34.6 Å². The topological polar surface area (TPSA) is 133 Å². The van der Waals surface area contributed by atoms with Gasteiger partial charge in [-0.1, -0.05) is 13.8 Å². The largest absolute Gasteiger partial charge is 0.481 e. The molecule has 0 radical (unpaired) electrons. The lowest BCUT2D eigenvalue weighted by molar-refractivity contribution is -0.155. The summed E-state index contributed by atoms with van der Waals surface area (Å²) in [4.78, 5) is 59.0. The van der Waals surface area contributed by atoms with Gasteiger partial charge in [0.15, 0.2) is 0 Å². The Kier molecular flexibility index (Phi) is 11.5. The molecule has 172 valence electrons. The van der Waals surface area contributed by atoms with Crippen LogP contribution in [0.5, 0.6) is 0 Å². The highest BCUT2D eigenvalue weighted by Crippen LogP contribution is 2.30. The third kappa shape index (κ3) is 12.1. The van der Waals surface area contributed by atoms with Crippen molar-refractivity contribution in [2.24, 2.45) is 11.8 Å². The minimum atomic E-state index is -1.27. The smallest absolute Gasteiger partial charge is 0.371 e. The molecule has 0 unspecified atom stereocenters. The van der Waals surface area contributed by atoms with E-state index < -0.39 is 51.4 Å². The average Bonchev–Trinajstić information content (AvgIpc) is 2.55. The monoisotopic (exact) mass is 466 g/mol. The molecule has 9 nitrogen and oxygen atoms in total. The summed E-state index contributed by atoms with van der Waals surface area (Å²) < 4.78 is 13.3. The zero-order valence-electron chi connectivity index (χ0n) is 18.3. The average molecular weight is 467 g/mol. The zero-order valence-corrected chi connectivity index (χ0v) is 19.9. The lowest BCUT2D eigenvalue weighted by Crippen LogP contribution is -2.34. The maximum atomic E-state index is 12.6. The summed E-state index contributed by atoms with van der Waals surface area (Å²) in [5.41, 5.74) is -0.707. The molecule has 0 amide bonds. The van der Waals surface area contributed by atoms with Crippen LogP contribution in [0.3, 0.4) is 0 Å². The maximum absolute atomic E-state index is 12.6. The summed E-state index contributed by atoms with van der Waals surface area (Å²) in [6, 6.07) is 0. The SMILES string of the molecule is CC(C)C(=O)OCOC(=O)SC(C)(C)C(=O)C[C@@H](CSC(=O)OC(C)(C)C)C(=O)O. The zero-order chi connectivity index (χ0) is 23.7. The van der Waals surface area contributed by atoms with E-state index in [0.29, 0.717) is 23.5 Å². The van der Waals surface area contributed by atoms with Gasteiger partial charge in [0.05, 0.1) is 16.6 Å². The van der Waals surface area contributed by atoms with Crippen molar-refractivity contribution >= 4 is 51.8 Å². The molecular weight excluding hydrogens is 436 g/mol. The van der Waals surface area contributed by atoms with Gasteiger partial charge in [-0.2, -0.15) is 0 Å². The number of carbonyl (C=O) groups excluding carboxylic acids is 4. The molecule has 0 aromatic carbocycles. The first kappa shape index (κ1) is 28.2. The lowest BCUT2D eigenvalue weighted by Gasteiger charge is -2.23. The molecule has 1 N–H and O–H groups in total. The summed E-state index contributed by atoms with van der Waals surface area (Å²) in [7, 11) is 0. The van der Waals surface area contributed by atoms with Gasteiger partial charge in [0.25, 0.3) is 0 Å². The Hall–Kier alpha value is -1.75. The summed E-state index contributed by atoms with van der Waals surface area (Å²) in [6.45, 7) is 10.7. The first-order chi connectivity index (χ1) is 13.5. The van der Waals surface area contributed by atoms with Gasteiger partial charge in [0.2, 0.25) is 6.79 Å². The van der Waals surface area contributed by atoms with Crippen LogP contribution in [-0.2, 0) is 28.6 Å². The van der Waals surface area contributed by atoms with Crippen molar-refractivity contribution in [3.05, 3.63) is 0 Å². The molecule has 0 aliphatic heterocycles. The van der Waals surface area contributed by atoms with Crippen LogP contribution in [0.25, 0.3) is 0 Å². The van der Waals surface area contributed by atoms with Gasteiger partial charge < -0.3 is 19.3 Å². The minimum Gasteiger partial charge on any atom is -0.481 e. The molecule has 1 atom stereocenters. The summed E-state index contributed by atoms with van der Waals surface area (Å²) in [5, 5.41) is 7.90. The van der Waals surface area contributed by atoms with Crippen molar-refractivity contribution in [3.63, 3.8) is 0 Å². The second kappa shape index (κ2) is 12.2. The van der Waals surface area contributed by atoms with Crippen LogP contribution in [0, 0.1) is 11.8 Å². The van der Waals surface area contributed by atoms with Crippen LogP contribution in [0.4, 0.5) is 9.59 Å². The van der Waals surface area contributed by atoms with Crippen molar-refractivity contribution in [3.8, 4) is 0 Å². The minimum absolute atomic E-state index is 0.146. The van der Waals surface area contributed by atoms with Crippen LogP contribution in [0.2, 0.25) is 0 Å². The fraction of sp³-hybridized carbons (Fsp3) is 0.737. The quantitative estimate of drug-likeness (QED) is 0.368. The number of Topliss-reactive ketones (excluding diaryl/α,β-unsaturated/α-hetero) is 1. The van der Waals surface area contributed by atoms with Crippen molar-refractivity contribution in [2.45, 2.75) is 65.2 Å². The molecule has 11 heteroatoms. The molecule has 0 saturated heterocycles. The Morgan fingerprint density at radius 3 is 1.97 bits per heavy atom. The lowest BCUT2D eigenvalue weighted by atomic mass is 9.97. The first-order valence-corrected chi connectivity index (χ1v) is 11.0. The number of esters is 1. The number of thioether (sulfide) groups is 2. The summed E-state index contributed by atoms with van der Waals surface area (Å²) in [6.07, 6.45) is -0.374. The molecule has 0 rings (SSSR count). The Bertz CT molecular complexity index is 651. The van der Waals surface area contributed by atoms with E-state index >= 15 is 0 Å². The third-order valence-electron chi connectivity index (χ3n) is 3.43. The highest BCUT2D eigenvalue weighted by molar-refractivity contribution is 8.15. The fourth-order valence-electron chi connectivity index (χ4n) is 1.73. The van der Waals surface area contributed by atoms with Crippen molar-refractivity contribution < 1.29 is 43.3 Å². The molecule has 0 aliphatic rings. The Morgan fingerprint density at radius 2 is 1.50 bits per heavy atom. The molecule has 0 aliphatic carbocycles. The van der Waals surface area contributed by atoms with Crippen molar-refractivity contribution in [1.82, 2.24) is 0 Å². The van der Waals surface area contributed by atoms with Gasteiger partial charge in [-0.3, -0.25) is 14.4 Å². The fourth-order valence-corrected chi connectivity index (χ4v) is 3.36. The van der Waals surface area contributed by atoms with E-state index in [-0.39, 0.29) is 18.1 Å². The number of ketones is 1. The van der Waals surface area contributed by atoms with Crippen LogP contribution in [0.1, 0.15) is 54.9 Å². The van der Waals surface area contributed by atoms with E-state index in [4.69, 9.17) is 14.2 Å². The predicted octanol–water partition coefficient (Wildman–Crippen LogP) is 4.12. The van der Waals surface area contributed by atoms with Gasteiger partial charge in [-0.25, -0.2) is 9.59 Å². The molecule has 0 heterocycles. The highest BCUT2D eigenvalue weighted by Gasteiger charge is 2.35. The van der Waals surface area contributed by atoms with Crippen LogP contribution in [-0.4, -0.2) is 56.3 Å². The van der Waals surface area contributed by atoms with Gasteiger partial charge in [0, 0.05) is 12.2 Å². The molecule has 30 heavy (non-hydrogen) atoms. The van der Waals surface area contributed by atoms with Gasteiger partial charge in [-0.05, 0) is 58.1 Å². The van der Waals surface area contributed by atoms with Gasteiger partial charge in [0.1, 0.15) is 11.4 Å². The third-order valence-corrected chi connectivity index (χ3v) is 5.34. The Balaban J connectivity index is 4.71. The predicted molar refractivity (Wildman–Crippen MR) is 113 cm³/mol. The first-order valence-electron chi connectivity index (χ1n) is 9.19. The van der Waals surface area contributed by atoms with Gasteiger partial charge in [-0.15, -0.1) is 0 Å². The van der Waals surface area contributed by atoms with E-state index in [2.05, 4.69) is 0 Å². The molecule has 0 bridgehead atoms. The summed E-state index contributed by atoms with van der Waals surface area (Å²) >= 11 is 1.24. The number of hydrogen-bond donors (Lipinski definition) is 1. The molecule has 0 aromatic rings. The second-order valence-corrected chi connectivity index (χ2v) is 10.7.